The molecule has 0 aliphatic heterocycles. The van der Waals surface area contributed by atoms with E-state index in [-0.39, 0.29) is 11.4 Å². The molecule has 1 N–H and O–H groups in total. The first kappa shape index (κ1) is 11.4. The van der Waals surface area contributed by atoms with E-state index >= 15 is 0 Å². The molecular weight excluding hydrogens is 226 g/mol. The topological polar surface area (TPSA) is 98.3 Å². The number of halogens is 1. The third-order valence-electron chi connectivity index (χ3n) is 1.83. The molecule has 8 heteroatoms. The Morgan fingerprint density at radius 1 is 1.87 bits per heavy atom. The molecule has 0 bridgehead atoms. The first-order chi connectivity index (χ1) is 6.97. The second kappa shape index (κ2) is 4.26. The van der Waals surface area contributed by atoms with Gasteiger partial charge in [0, 0.05) is 0 Å². The van der Waals surface area contributed by atoms with Crippen LogP contribution in [0.25, 0.3) is 0 Å². The van der Waals surface area contributed by atoms with Crippen LogP contribution in [-0.2, 0) is 4.79 Å². The monoisotopic (exact) mass is 233 g/mol. The first-order valence-electron chi connectivity index (χ1n) is 4.09. The smallest absolute Gasteiger partial charge is 0.408 e. The van der Waals surface area contributed by atoms with E-state index < -0.39 is 22.8 Å². The maximum absolute atomic E-state index is 10.7. The summed E-state index contributed by atoms with van der Waals surface area (Å²) in [6, 6.07) is -0.934. The van der Waals surface area contributed by atoms with E-state index in [1.54, 1.807) is 6.92 Å². The van der Waals surface area contributed by atoms with Gasteiger partial charge in [-0.05, 0) is 11.3 Å². The van der Waals surface area contributed by atoms with Gasteiger partial charge in [0.1, 0.15) is 0 Å². The largest absolute Gasteiger partial charge is 0.480 e. The molecule has 82 valence electrons. The van der Waals surface area contributed by atoms with E-state index in [4.69, 9.17) is 16.7 Å². The summed E-state index contributed by atoms with van der Waals surface area (Å²) in [4.78, 5) is 20.4. The normalized spacial score (nSPS) is 12.4. The Balaban J connectivity index is 3.10. The number of aliphatic carboxylic acids is 1. The molecule has 1 heterocycles. The van der Waals surface area contributed by atoms with Crippen molar-refractivity contribution in [2.24, 2.45) is 0 Å². The standard InChI is InChI=1S/C7H8ClN3O4/c1-2-5(7(12)13)10-3-4(8)6(9-10)11(14)15/h3,5H,2H2,1H3,(H,12,13). The fourth-order valence-corrected chi connectivity index (χ4v) is 1.32. The SMILES string of the molecule is CCC(C(=O)O)n1cc(Cl)c([N+](=O)[O-])n1. The molecule has 1 rings (SSSR count). The molecule has 0 saturated heterocycles. The minimum absolute atomic E-state index is 0.167. The fourth-order valence-electron chi connectivity index (χ4n) is 1.12. The van der Waals surface area contributed by atoms with E-state index in [0.29, 0.717) is 0 Å². The van der Waals surface area contributed by atoms with Crippen molar-refractivity contribution in [3.8, 4) is 0 Å². The number of rotatable bonds is 4. The van der Waals surface area contributed by atoms with Crippen LogP contribution in [0, 0.1) is 10.1 Å². The van der Waals surface area contributed by atoms with Gasteiger partial charge in [0.2, 0.25) is 0 Å². The highest BCUT2D eigenvalue weighted by atomic mass is 35.5. The van der Waals surface area contributed by atoms with Gasteiger partial charge in [-0.3, -0.25) is 0 Å². The van der Waals surface area contributed by atoms with Crippen LogP contribution in [-0.4, -0.2) is 25.8 Å². The highest BCUT2D eigenvalue weighted by molar-refractivity contribution is 6.32. The molecule has 0 radical (unpaired) electrons. The fraction of sp³-hybridized carbons (Fsp3) is 0.429. The molecular formula is C7H8ClN3O4. The minimum Gasteiger partial charge on any atom is -0.480 e. The Bertz CT molecular complexity index is 403. The lowest BCUT2D eigenvalue weighted by Gasteiger charge is -2.04. The summed E-state index contributed by atoms with van der Waals surface area (Å²) in [5, 5.41) is 22.5. The average Bonchev–Trinajstić information content (AvgIpc) is 2.48. The summed E-state index contributed by atoms with van der Waals surface area (Å²) in [6.07, 6.45) is 1.41. The second-order valence-corrected chi connectivity index (χ2v) is 3.21. The van der Waals surface area contributed by atoms with Crippen molar-refractivity contribution in [1.82, 2.24) is 9.78 Å². The van der Waals surface area contributed by atoms with Crippen LogP contribution in [0.15, 0.2) is 6.20 Å². The quantitative estimate of drug-likeness (QED) is 0.627. The van der Waals surface area contributed by atoms with E-state index in [0.717, 1.165) is 10.9 Å². The number of hydrogen-bond acceptors (Lipinski definition) is 4. The summed E-state index contributed by atoms with van der Waals surface area (Å²) in [5.74, 6) is -1.64. The molecule has 1 unspecified atom stereocenters. The molecule has 1 aromatic heterocycles. The van der Waals surface area contributed by atoms with Gasteiger partial charge in [-0.15, -0.1) is 0 Å². The second-order valence-electron chi connectivity index (χ2n) is 2.80. The number of aromatic nitrogens is 2. The molecule has 0 fully saturated rings. The predicted octanol–water partition coefficient (Wildman–Crippen LogP) is 1.48. The molecule has 1 atom stereocenters. The first-order valence-corrected chi connectivity index (χ1v) is 4.47. The molecule has 0 aliphatic rings. The van der Waals surface area contributed by atoms with Gasteiger partial charge in [-0.1, -0.05) is 18.5 Å². The molecule has 0 spiro atoms. The van der Waals surface area contributed by atoms with Crippen molar-refractivity contribution >= 4 is 23.4 Å². The Morgan fingerprint density at radius 2 is 2.47 bits per heavy atom. The zero-order valence-corrected chi connectivity index (χ0v) is 8.51. The number of hydrogen-bond donors (Lipinski definition) is 1. The molecule has 0 saturated carbocycles. The van der Waals surface area contributed by atoms with Crippen LogP contribution in [0.4, 0.5) is 5.82 Å². The van der Waals surface area contributed by atoms with Crippen molar-refractivity contribution in [2.75, 3.05) is 0 Å². The average molecular weight is 234 g/mol. The van der Waals surface area contributed by atoms with Crippen LogP contribution in [0.3, 0.4) is 0 Å². The van der Waals surface area contributed by atoms with Crippen molar-refractivity contribution in [3.63, 3.8) is 0 Å². The van der Waals surface area contributed by atoms with Crippen molar-refractivity contribution < 1.29 is 14.8 Å². The summed E-state index contributed by atoms with van der Waals surface area (Å²) >= 11 is 5.53. The van der Waals surface area contributed by atoms with E-state index in [2.05, 4.69) is 5.10 Å². The lowest BCUT2D eigenvalue weighted by Crippen LogP contribution is -2.18. The molecule has 1 aromatic rings. The van der Waals surface area contributed by atoms with Gasteiger partial charge in [-0.2, -0.15) is 4.68 Å². The maximum atomic E-state index is 10.7. The summed E-state index contributed by atoms with van der Waals surface area (Å²) in [5.41, 5.74) is 0. The molecule has 7 nitrogen and oxygen atoms in total. The Kier molecular flexibility index (Phi) is 3.25. The number of nitrogens with zero attached hydrogens (tertiary/aromatic N) is 3. The van der Waals surface area contributed by atoms with Gasteiger partial charge in [0.15, 0.2) is 11.1 Å². The van der Waals surface area contributed by atoms with Crippen molar-refractivity contribution in [1.29, 1.82) is 0 Å². The third kappa shape index (κ3) is 2.24. The van der Waals surface area contributed by atoms with Gasteiger partial charge in [0.25, 0.3) is 0 Å². The Hall–Kier alpha value is -1.63. The molecule has 15 heavy (non-hydrogen) atoms. The maximum Gasteiger partial charge on any atom is 0.408 e. The number of nitro groups is 1. The van der Waals surface area contributed by atoms with Gasteiger partial charge >= 0.3 is 11.8 Å². The number of carboxylic acids is 1. The minimum atomic E-state index is -1.11. The summed E-state index contributed by atoms with van der Waals surface area (Å²) in [7, 11) is 0. The van der Waals surface area contributed by atoms with Gasteiger partial charge in [-0.25, -0.2) is 4.79 Å². The van der Waals surface area contributed by atoms with Crippen LogP contribution in [0.1, 0.15) is 19.4 Å². The molecule has 0 aromatic carbocycles. The third-order valence-corrected chi connectivity index (χ3v) is 2.10. The van der Waals surface area contributed by atoms with Gasteiger partial charge < -0.3 is 15.2 Å². The molecule has 0 aliphatic carbocycles. The van der Waals surface area contributed by atoms with Crippen molar-refractivity contribution in [3.05, 3.63) is 21.3 Å². The Labute approximate surface area is 89.4 Å². The van der Waals surface area contributed by atoms with Crippen molar-refractivity contribution in [2.45, 2.75) is 19.4 Å². The lowest BCUT2D eigenvalue weighted by atomic mass is 10.2. The van der Waals surface area contributed by atoms with E-state index in [9.17, 15) is 14.9 Å². The van der Waals surface area contributed by atoms with E-state index in [1.165, 1.54) is 0 Å². The predicted molar refractivity (Wildman–Crippen MR) is 50.9 cm³/mol. The zero-order valence-electron chi connectivity index (χ0n) is 7.75. The van der Waals surface area contributed by atoms with Crippen LogP contribution < -0.4 is 0 Å². The Morgan fingerprint density at radius 3 is 2.80 bits per heavy atom. The molecule has 0 amide bonds. The highest BCUT2D eigenvalue weighted by Gasteiger charge is 2.26. The highest BCUT2D eigenvalue weighted by Crippen LogP contribution is 2.24. The van der Waals surface area contributed by atoms with E-state index in [1.807, 2.05) is 0 Å². The van der Waals surface area contributed by atoms with Crippen LogP contribution in [0.5, 0.6) is 0 Å². The number of carboxylic acid groups (broad SMARTS) is 1. The zero-order chi connectivity index (χ0) is 11.6. The lowest BCUT2D eigenvalue weighted by molar-refractivity contribution is -0.389. The van der Waals surface area contributed by atoms with Crippen LogP contribution >= 0.6 is 11.6 Å². The van der Waals surface area contributed by atoms with Crippen LogP contribution in [0.2, 0.25) is 5.02 Å². The summed E-state index contributed by atoms with van der Waals surface area (Å²) < 4.78 is 0.989. The number of carbonyl (C=O) groups is 1. The summed E-state index contributed by atoms with van der Waals surface area (Å²) in [6.45, 7) is 1.64. The van der Waals surface area contributed by atoms with Gasteiger partial charge in [0.05, 0.1) is 11.3 Å².